The van der Waals surface area contributed by atoms with Gasteiger partial charge in [-0.1, -0.05) is 30.3 Å². The van der Waals surface area contributed by atoms with Crippen molar-refractivity contribution in [3.8, 4) is 0 Å². The Morgan fingerprint density at radius 3 is 2.76 bits per heavy atom. The van der Waals surface area contributed by atoms with Gasteiger partial charge in [-0.3, -0.25) is 0 Å². The van der Waals surface area contributed by atoms with Crippen LogP contribution >= 0.6 is 0 Å². The second kappa shape index (κ2) is 4.04. The smallest absolute Gasteiger partial charge is 0.0842 e. The highest BCUT2D eigenvalue weighted by molar-refractivity contribution is 5.41. The Hall–Kier alpha value is -1.54. The highest BCUT2D eigenvalue weighted by Gasteiger charge is 2.37. The average Bonchev–Trinajstić information content (AvgIpc) is 2.88. The molecule has 1 aliphatic rings. The van der Waals surface area contributed by atoms with E-state index in [-0.39, 0.29) is 5.54 Å². The quantitative estimate of drug-likeness (QED) is 0.809. The van der Waals surface area contributed by atoms with Crippen LogP contribution in [0.3, 0.4) is 0 Å². The lowest BCUT2D eigenvalue weighted by Crippen LogP contribution is -2.44. The summed E-state index contributed by atoms with van der Waals surface area (Å²) < 4.78 is 0. The molecule has 88 valence electrons. The largest absolute Gasteiger partial charge is 0.363 e. The summed E-state index contributed by atoms with van der Waals surface area (Å²) in [4.78, 5) is 3.44. The molecule has 3 rings (SSSR count). The van der Waals surface area contributed by atoms with Gasteiger partial charge in [-0.25, -0.2) is 0 Å². The first-order chi connectivity index (χ1) is 8.37. The summed E-state index contributed by atoms with van der Waals surface area (Å²) in [5.74, 6) is 0. The third-order valence-corrected chi connectivity index (χ3v) is 3.95. The van der Waals surface area contributed by atoms with E-state index in [1.165, 1.54) is 29.7 Å². The highest BCUT2D eigenvalue weighted by Crippen LogP contribution is 2.39. The number of rotatable bonds is 2. The molecule has 1 aromatic carbocycles. The molecule has 1 aliphatic carbocycles. The van der Waals surface area contributed by atoms with Gasteiger partial charge >= 0.3 is 0 Å². The van der Waals surface area contributed by atoms with Gasteiger partial charge in [-0.2, -0.15) is 0 Å². The fourth-order valence-electron chi connectivity index (χ4n) is 3.08. The molecule has 1 heterocycles. The van der Waals surface area contributed by atoms with E-state index in [0.29, 0.717) is 0 Å². The first-order valence-corrected chi connectivity index (χ1v) is 6.28. The number of aryl methyl sites for hydroxylation is 1. The molecule has 1 atom stereocenters. The summed E-state index contributed by atoms with van der Waals surface area (Å²) in [5, 5.41) is 3.54. The van der Waals surface area contributed by atoms with E-state index >= 15 is 0 Å². The van der Waals surface area contributed by atoms with Crippen LogP contribution < -0.4 is 5.32 Å². The van der Waals surface area contributed by atoms with Crippen LogP contribution in [0.15, 0.2) is 42.6 Å². The molecule has 17 heavy (non-hydrogen) atoms. The zero-order valence-electron chi connectivity index (χ0n) is 10.2. The summed E-state index contributed by atoms with van der Waals surface area (Å²) in [6.07, 6.45) is 5.64. The summed E-state index contributed by atoms with van der Waals surface area (Å²) in [7, 11) is 2.06. The Kier molecular flexibility index (Phi) is 2.52. The fourth-order valence-corrected chi connectivity index (χ4v) is 3.08. The molecule has 2 aromatic rings. The first-order valence-electron chi connectivity index (χ1n) is 6.28. The van der Waals surface area contributed by atoms with Crippen LogP contribution in [-0.4, -0.2) is 12.0 Å². The zero-order chi connectivity index (χ0) is 11.7. The maximum absolute atomic E-state index is 3.54. The summed E-state index contributed by atoms with van der Waals surface area (Å²) >= 11 is 0. The second-order valence-electron chi connectivity index (χ2n) is 4.75. The van der Waals surface area contributed by atoms with Crippen molar-refractivity contribution in [1.82, 2.24) is 10.3 Å². The van der Waals surface area contributed by atoms with E-state index in [9.17, 15) is 0 Å². The monoisotopic (exact) mass is 226 g/mol. The van der Waals surface area contributed by atoms with Crippen LogP contribution in [-0.2, 0) is 12.0 Å². The van der Waals surface area contributed by atoms with Gasteiger partial charge in [0.05, 0.1) is 5.54 Å². The Morgan fingerprint density at radius 1 is 1.18 bits per heavy atom. The van der Waals surface area contributed by atoms with E-state index < -0.39 is 0 Å². The zero-order valence-corrected chi connectivity index (χ0v) is 10.2. The van der Waals surface area contributed by atoms with Crippen molar-refractivity contribution in [2.45, 2.75) is 24.8 Å². The number of aromatic nitrogens is 1. The van der Waals surface area contributed by atoms with Crippen LogP contribution in [0.2, 0.25) is 0 Å². The lowest BCUT2D eigenvalue weighted by Gasteiger charge is -2.37. The minimum Gasteiger partial charge on any atom is -0.363 e. The molecule has 2 heteroatoms. The van der Waals surface area contributed by atoms with Crippen molar-refractivity contribution in [1.29, 1.82) is 0 Å². The Bertz CT molecular complexity index is 501. The average molecular weight is 226 g/mol. The van der Waals surface area contributed by atoms with Crippen LogP contribution in [0.5, 0.6) is 0 Å². The molecule has 0 radical (unpaired) electrons. The number of hydrogen-bond donors (Lipinski definition) is 2. The first kappa shape index (κ1) is 10.6. The standard InChI is InChI=1S/C15H18N2/c1-16-15(13-7-3-2-4-8-13)10-5-6-12-9-11-17-14(12)15/h2-4,7-9,11,16-17H,5-6,10H2,1H3. The molecule has 0 spiro atoms. The van der Waals surface area contributed by atoms with Gasteiger partial charge in [0.1, 0.15) is 0 Å². The minimum atomic E-state index is -0.0294. The van der Waals surface area contributed by atoms with Gasteiger partial charge in [0.15, 0.2) is 0 Å². The van der Waals surface area contributed by atoms with Crippen molar-refractivity contribution < 1.29 is 0 Å². The minimum absolute atomic E-state index is 0.0294. The predicted molar refractivity (Wildman–Crippen MR) is 70.0 cm³/mol. The second-order valence-corrected chi connectivity index (χ2v) is 4.75. The van der Waals surface area contributed by atoms with Gasteiger partial charge in [-0.15, -0.1) is 0 Å². The van der Waals surface area contributed by atoms with Crippen molar-refractivity contribution in [3.63, 3.8) is 0 Å². The van der Waals surface area contributed by atoms with E-state index in [1.807, 2.05) is 0 Å². The number of nitrogens with one attached hydrogen (secondary N) is 2. The Labute approximate surface area is 102 Å². The summed E-state index contributed by atoms with van der Waals surface area (Å²) in [5.41, 5.74) is 4.12. The molecule has 1 unspecified atom stereocenters. The molecule has 0 saturated carbocycles. The fraction of sp³-hybridized carbons (Fsp3) is 0.333. The summed E-state index contributed by atoms with van der Waals surface area (Å²) in [6.45, 7) is 0. The number of benzene rings is 1. The van der Waals surface area contributed by atoms with Crippen molar-refractivity contribution in [2.75, 3.05) is 7.05 Å². The van der Waals surface area contributed by atoms with E-state index in [0.717, 1.165) is 6.42 Å². The lowest BCUT2D eigenvalue weighted by atomic mass is 9.76. The van der Waals surface area contributed by atoms with Crippen molar-refractivity contribution in [2.24, 2.45) is 0 Å². The molecule has 0 bridgehead atoms. The molecule has 0 saturated heterocycles. The van der Waals surface area contributed by atoms with Gasteiger partial charge < -0.3 is 10.3 Å². The van der Waals surface area contributed by atoms with Crippen LogP contribution in [0.4, 0.5) is 0 Å². The van der Waals surface area contributed by atoms with Gasteiger partial charge in [0.2, 0.25) is 0 Å². The maximum Gasteiger partial charge on any atom is 0.0842 e. The summed E-state index contributed by atoms with van der Waals surface area (Å²) in [6, 6.07) is 12.9. The normalized spacial score (nSPS) is 23.4. The van der Waals surface area contributed by atoms with E-state index in [2.05, 4.69) is 59.9 Å². The molecule has 2 nitrogen and oxygen atoms in total. The number of aromatic amines is 1. The number of fused-ring (bicyclic) bond motifs is 1. The Balaban J connectivity index is 2.17. The number of H-pyrrole nitrogens is 1. The molecule has 0 amide bonds. The maximum atomic E-state index is 3.54. The SMILES string of the molecule is CNC1(c2ccccc2)CCCc2cc[nH]c21. The molecule has 0 fully saturated rings. The van der Waals surface area contributed by atoms with Crippen molar-refractivity contribution >= 4 is 0 Å². The molecular weight excluding hydrogens is 208 g/mol. The number of hydrogen-bond acceptors (Lipinski definition) is 1. The van der Waals surface area contributed by atoms with Crippen LogP contribution in [0.1, 0.15) is 29.7 Å². The third-order valence-electron chi connectivity index (χ3n) is 3.95. The van der Waals surface area contributed by atoms with Crippen molar-refractivity contribution in [3.05, 3.63) is 59.4 Å². The molecule has 1 aromatic heterocycles. The van der Waals surface area contributed by atoms with E-state index in [4.69, 9.17) is 0 Å². The van der Waals surface area contributed by atoms with Crippen LogP contribution in [0, 0.1) is 0 Å². The topological polar surface area (TPSA) is 27.8 Å². The molecular formula is C15H18N2. The highest BCUT2D eigenvalue weighted by atomic mass is 15.0. The Morgan fingerprint density at radius 2 is 2.00 bits per heavy atom. The van der Waals surface area contributed by atoms with E-state index in [1.54, 1.807) is 0 Å². The lowest BCUT2D eigenvalue weighted by molar-refractivity contribution is 0.362. The predicted octanol–water partition coefficient (Wildman–Crippen LogP) is 2.81. The van der Waals surface area contributed by atoms with Gasteiger partial charge in [0.25, 0.3) is 0 Å². The van der Waals surface area contributed by atoms with Gasteiger partial charge in [-0.05, 0) is 43.5 Å². The van der Waals surface area contributed by atoms with Crippen LogP contribution in [0.25, 0.3) is 0 Å². The molecule has 2 N–H and O–H groups in total. The third kappa shape index (κ3) is 1.52. The van der Waals surface area contributed by atoms with Gasteiger partial charge in [0, 0.05) is 11.9 Å². The molecule has 0 aliphatic heterocycles.